The summed E-state index contributed by atoms with van der Waals surface area (Å²) in [6.45, 7) is 9.14. The van der Waals surface area contributed by atoms with Crippen LogP contribution >= 0.6 is 11.3 Å². The van der Waals surface area contributed by atoms with Crippen molar-refractivity contribution in [1.29, 1.82) is 0 Å². The first kappa shape index (κ1) is 17.9. The van der Waals surface area contributed by atoms with Gasteiger partial charge in [-0.2, -0.15) is 0 Å². The van der Waals surface area contributed by atoms with Gasteiger partial charge in [0.15, 0.2) is 0 Å². The van der Waals surface area contributed by atoms with Crippen molar-refractivity contribution in [2.24, 2.45) is 0 Å². The lowest BCUT2D eigenvalue weighted by Crippen LogP contribution is -2.49. The van der Waals surface area contributed by atoms with Gasteiger partial charge in [-0.1, -0.05) is 24.6 Å². The van der Waals surface area contributed by atoms with Crippen LogP contribution in [0.15, 0.2) is 30.3 Å². The van der Waals surface area contributed by atoms with Crippen LogP contribution in [0.4, 0.5) is 5.82 Å². The molecule has 2 aromatic heterocycles. The highest BCUT2D eigenvalue weighted by atomic mass is 32.1. The monoisotopic (exact) mass is 380 g/mol. The van der Waals surface area contributed by atoms with Crippen LogP contribution in [0.25, 0.3) is 10.2 Å². The summed E-state index contributed by atoms with van der Waals surface area (Å²) in [6, 6.07) is 10.0. The average molecular weight is 381 g/mol. The summed E-state index contributed by atoms with van der Waals surface area (Å²) in [5.74, 6) is 1.93. The smallest absolute Gasteiger partial charge is 0.253 e. The predicted octanol–water partition coefficient (Wildman–Crippen LogP) is 3.83. The van der Waals surface area contributed by atoms with Gasteiger partial charge < -0.3 is 9.80 Å². The van der Waals surface area contributed by atoms with Crippen LogP contribution < -0.4 is 4.90 Å². The molecule has 6 heteroatoms. The SMILES string of the molecule is CCc1cc2c(N3CCN(C(=O)c4cccc(C)c4)CC3)nc(C)nc2s1. The van der Waals surface area contributed by atoms with Gasteiger partial charge in [-0.25, -0.2) is 9.97 Å². The van der Waals surface area contributed by atoms with Gasteiger partial charge in [-0.15, -0.1) is 11.3 Å². The van der Waals surface area contributed by atoms with E-state index in [9.17, 15) is 4.79 Å². The van der Waals surface area contributed by atoms with Gasteiger partial charge in [0.1, 0.15) is 16.5 Å². The highest BCUT2D eigenvalue weighted by molar-refractivity contribution is 7.18. The molecule has 0 bridgehead atoms. The second kappa shape index (κ2) is 7.27. The van der Waals surface area contributed by atoms with E-state index in [-0.39, 0.29) is 5.91 Å². The van der Waals surface area contributed by atoms with E-state index in [0.717, 1.165) is 52.5 Å². The van der Waals surface area contributed by atoms with E-state index in [2.05, 4.69) is 22.9 Å². The maximum absolute atomic E-state index is 12.8. The summed E-state index contributed by atoms with van der Waals surface area (Å²) in [5, 5.41) is 1.14. The first-order valence-electron chi connectivity index (χ1n) is 9.43. The number of aryl methyl sites for hydroxylation is 3. The number of hydrogen-bond acceptors (Lipinski definition) is 5. The fraction of sp³-hybridized carbons (Fsp3) is 0.381. The van der Waals surface area contributed by atoms with E-state index < -0.39 is 0 Å². The summed E-state index contributed by atoms with van der Waals surface area (Å²) < 4.78 is 0. The third-order valence-electron chi connectivity index (χ3n) is 5.02. The molecule has 1 amide bonds. The number of hydrogen-bond donors (Lipinski definition) is 0. The van der Waals surface area contributed by atoms with Crippen molar-refractivity contribution < 1.29 is 4.79 Å². The number of piperazine rings is 1. The van der Waals surface area contributed by atoms with E-state index in [1.54, 1.807) is 11.3 Å². The molecule has 0 saturated carbocycles. The van der Waals surface area contributed by atoms with Crippen LogP contribution in [0.2, 0.25) is 0 Å². The zero-order chi connectivity index (χ0) is 19.0. The molecule has 27 heavy (non-hydrogen) atoms. The molecule has 1 fully saturated rings. The molecule has 0 unspecified atom stereocenters. The van der Waals surface area contributed by atoms with Crippen LogP contribution in [-0.2, 0) is 6.42 Å². The van der Waals surface area contributed by atoms with E-state index in [0.29, 0.717) is 13.1 Å². The summed E-state index contributed by atoms with van der Waals surface area (Å²) >= 11 is 1.75. The number of carbonyl (C=O) groups is 1. The molecule has 3 aromatic rings. The van der Waals surface area contributed by atoms with Crippen LogP contribution in [0.5, 0.6) is 0 Å². The fourth-order valence-electron chi connectivity index (χ4n) is 3.56. The Morgan fingerprint density at radius 2 is 1.89 bits per heavy atom. The molecule has 0 aliphatic carbocycles. The zero-order valence-electron chi connectivity index (χ0n) is 16.0. The molecule has 4 rings (SSSR count). The summed E-state index contributed by atoms with van der Waals surface area (Å²) in [4.78, 5) is 28.8. The van der Waals surface area contributed by atoms with Crippen molar-refractivity contribution >= 4 is 33.3 Å². The second-order valence-electron chi connectivity index (χ2n) is 7.03. The Morgan fingerprint density at radius 3 is 2.59 bits per heavy atom. The van der Waals surface area contributed by atoms with Crippen LogP contribution in [0, 0.1) is 13.8 Å². The predicted molar refractivity (Wildman–Crippen MR) is 111 cm³/mol. The van der Waals surface area contributed by atoms with Crippen molar-refractivity contribution in [3.63, 3.8) is 0 Å². The van der Waals surface area contributed by atoms with Gasteiger partial charge >= 0.3 is 0 Å². The van der Waals surface area contributed by atoms with Gasteiger partial charge in [-0.05, 0) is 38.5 Å². The standard InChI is InChI=1S/C21H24N4OS/c1-4-17-13-18-19(22-15(3)23-20(18)27-17)24-8-10-25(11-9-24)21(26)16-7-5-6-14(2)12-16/h5-7,12-13H,4,8-11H2,1-3H3. The number of rotatable bonds is 3. The number of fused-ring (bicyclic) bond motifs is 1. The lowest BCUT2D eigenvalue weighted by molar-refractivity contribution is 0.0746. The molecule has 0 atom stereocenters. The Balaban J connectivity index is 1.53. The summed E-state index contributed by atoms with van der Waals surface area (Å²) in [5.41, 5.74) is 1.89. The van der Waals surface area contributed by atoms with Gasteiger partial charge in [-0.3, -0.25) is 4.79 Å². The van der Waals surface area contributed by atoms with Crippen LogP contribution in [-0.4, -0.2) is 47.0 Å². The molecule has 1 aliphatic heterocycles. The zero-order valence-corrected chi connectivity index (χ0v) is 16.8. The Bertz CT molecular complexity index is 989. The van der Waals surface area contributed by atoms with Crippen LogP contribution in [0.1, 0.15) is 33.5 Å². The normalized spacial score (nSPS) is 14.8. The highest BCUT2D eigenvalue weighted by Crippen LogP contribution is 2.31. The Kier molecular flexibility index (Phi) is 4.83. The van der Waals surface area contributed by atoms with Crippen molar-refractivity contribution in [3.8, 4) is 0 Å². The van der Waals surface area contributed by atoms with Crippen molar-refractivity contribution in [2.45, 2.75) is 27.2 Å². The molecule has 0 N–H and O–H groups in total. The third-order valence-corrected chi connectivity index (χ3v) is 6.19. The minimum absolute atomic E-state index is 0.117. The number of benzene rings is 1. The lowest BCUT2D eigenvalue weighted by Gasteiger charge is -2.35. The van der Waals surface area contributed by atoms with Crippen molar-refractivity contribution in [3.05, 3.63) is 52.2 Å². The maximum atomic E-state index is 12.8. The van der Waals surface area contributed by atoms with E-state index in [1.165, 1.54) is 4.88 Å². The van der Waals surface area contributed by atoms with Gasteiger partial charge in [0.2, 0.25) is 0 Å². The van der Waals surface area contributed by atoms with Crippen molar-refractivity contribution in [2.75, 3.05) is 31.1 Å². The Labute approximate surface area is 163 Å². The Hall–Kier alpha value is -2.47. The van der Waals surface area contributed by atoms with Gasteiger partial charge in [0.25, 0.3) is 5.91 Å². The molecule has 1 saturated heterocycles. The third kappa shape index (κ3) is 3.54. The van der Waals surface area contributed by atoms with Crippen molar-refractivity contribution in [1.82, 2.24) is 14.9 Å². The largest absolute Gasteiger partial charge is 0.352 e. The van der Waals surface area contributed by atoms with E-state index in [4.69, 9.17) is 4.98 Å². The molecule has 1 aliphatic rings. The quantitative estimate of drug-likeness (QED) is 0.693. The molecule has 0 radical (unpaired) electrons. The molecular weight excluding hydrogens is 356 g/mol. The molecular formula is C21H24N4OS. The highest BCUT2D eigenvalue weighted by Gasteiger charge is 2.24. The number of amides is 1. The number of thiophene rings is 1. The first-order valence-corrected chi connectivity index (χ1v) is 10.2. The molecule has 3 heterocycles. The lowest BCUT2D eigenvalue weighted by atomic mass is 10.1. The number of nitrogens with zero attached hydrogens (tertiary/aromatic N) is 4. The number of aromatic nitrogens is 2. The van der Waals surface area contributed by atoms with Crippen LogP contribution in [0.3, 0.4) is 0 Å². The molecule has 140 valence electrons. The Morgan fingerprint density at radius 1 is 1.11 bits per heavy atom. The molecule has 5 nitrogen and oxygen atoms in total. The second-order valence-corrected chi connectivity index (χ2v) is 8.14. The maximum Gasteiger partial charge on any atom is 0.253 e. The number of carbonyl (C=O) groups excluding carboxylic acids is 1. The summed E-state index contributed by atoms with van der Waals surface area (Å²) in [6.07, 6.45) is 1.01. The van der Waals surface area contributed by atoms with E-state index in [1.807, 2.05) is 43.0 Å². The molecule has 1 aromatic carbocycles. The average Bonchev–Trinajstić information content (AvgIpc) is 3.10. The number of anilines is 1. The minimum Gasteiger partial charge on any atom is -0.352 e. The fourth-order valence-corrected chi connectivity index (χ4v) is 4.56. The van der Waals surface area contributed by atoms with E-state index >= 15 is 0 Å². The summed E-state index contributed by atoms with van der Waals surface area (Å²) in [7, 11) is 0. The van der Waals surface area contributed by atoms with Gasteiger partial charge in [0.05, 0.1) is 5.39 Å². The van der Waals surface area contributed by atoms with Gasteiger partial charge in [0, 0.05) is 36.6 Å². The minimum atomic E-state index is 0.117. The topological polar surface area (TPSA) is 49.3 Å². The molecule has 0 spiro atoms. The first-order chi connectivity index (χ1) is 13.0.